The molecule has 1 saturated carbocycles. The van der Waals surface area contributed by atoms with Crippen LogP contribution in [0.3, 0.4) is 0 Å². The first-order chi connectivity index (χ1) is 13.7. The third kappa shape index (κ3) is 4.66. The zero-order valence-corrected chi connectivity index (χ0v) is 17.3. The van der Waals surface area contributed by atoms with Gasteiger partial charge in [-0.2, -0.15) is 0 Å². The van der Waals surface area contributed by atoms with Crippen LogP contribution in [0, 0.1) is 12.8 Å². The highest BCUT2D eigenvalue weighted by atomic mass is 15.2. The number of aryl methyl sites for hydroxylation is 1. The quantitative estimate of drug-likeness (QED) is 0.596. The largest absolute Gasteiger partial charge is 0.356 e. The molecule has 6 nitrogen and oxygen atoms in total. The molecule has 2 aromatic rings. The summed E-state index contributed by atoms with van der Waals surface area (Å²) in [6, 6.07) is 4.67. The van der Waals surface area contributed by atoms with Gasteiger partial charge in [-0.25, -0.2) is 4.98 Å². The number of hydrogen-bond acceptors (Lipinski definition) is 3. The maximum atomic E-state index is 4.75. The molecule has 1 aliphatic carbocycles. The fourth-order valence-corrected chi connectivity index (χ4v) is 4.70. The summed E-state index contributed by atoms with van der Waals surface area (Å²) >= 11 is 0. The van der Waals surface area contributed by atoms with Gasteiger partial charge >= 0.3 is 0 Å². The molecule has 0 aromatic carbocycles. The van der Waals surface area contributed by atoms with Gasteiger partial charge in [0.15, 0.2) is 5.96 Å². The summed E-state index contributed by atoms with van der Waals surface area (Å²) in [5.74, 6) is 1.85. The fraction of sp³-hybridized carbons (Fsp3) is 0.636. The summed E-state index contributed by atoms with van der Waals surface area (Å²) < 4.78 is 2.11. The number of imidazole rings is 1. The minimum absolute atomic E-state index is 0.505. The number of guanidine groups is 1. The average Bonchev–Trinajstić information content (AvgIpc) is 3.43. The SMILES string of the molecule is CN=C(NCCc1cn2cccc(C)c2n1)NC1CCN(CC2CCCC2)C1. The first-order valence-electron chi connectivity index (χ1n) is 10.8. The van der Waals surface area contributed by atoms with Gasteiger partial charge in [0.25, 0.3) is 0 Å². The lowest BCUT2D eigenvalue weighted by molar-refractivity contribution is 0.275. The number of hydrogen-bond donors (Lipinski definition) is 2. The van der Waals surface area contributed by atoms with E-state index in [1.807, 2.05) is 7.05 Å². The molecule has 2 fully saturated rings. The van der Waals surface area contributed by atoms with E-state index in [0.717, 1.165) is 42.7 Å². The molecule has 28 heavy (non-hydrogen) atoms. The highest BCUT2D eigenvalue weighted by molar-refractivity contribution is 5.80. The molecule has 4 rings (SSSR count). The van der Waals surface area contributed by atoms with Crippen LogP contribution >= 0.6 is 0 Å². The first-order valence-corrected chi connectivity index (χ1v) is 10.8. The second-order valence-corrected chi connectivity index (χ2v) is 8.44. The smallest absolute Gasteiger partial charge is 0.191 e. The predicted octanol–water partition coefficient (Wildman–Crippen LogP) is 2.61. The van der Waals surface area contributed by atoms with Crippen molar-refractivity contribution in [2.24, 2.45) is 10.9 Å². The van der Waals surface area contributed by atoms with Crippen LogP contribution in [-0.2, 0) is 6.42 Å². The molecule has 2 aromatic heterocycles. The summed E-state index contributed by atoms with van der Waals surface area (Å²) in [7, 11) is 1.86. The number of fused-ring (bicyclic) bond motifs is 1. The number of rotatable bonds is 6. The normalized spacial score (nSPS) is 21.6. The molecule has 3 heterocycles. The van der Waals surface area contributed by atoms with Crippen LogP contribution in [-0.4, -0.2) is 59.5 Å². The summed E-state index contributed by atoms with van der Waals surface area (Å²) in [5.41, 5.74) is 3.37. The van der Waals surface area contributed by atoms with Crippen molar-refractivity contribution in [2.75, 3.05) is 33.2 Å². The van der Waals surface area contributed by atoms with Crippen LogP contribution in [0.1, 0.15) is 43.4 Å². The molecule has 2 N–H and O–H groups in total. The molecule has 152 valence electrons. The van der Waals surface area contributed by atoms with Gasteiger partial charge in [-0.3, -0.25) is 4.99 Å². The van der Waals surface area contributed by atoms with E-state index in [1.54, 1.807) is 0 Å². The molecular weight excluding hydrogens is 348 g/mol. The van der Waals surface area contributed by atoms with Crippen molar-refractivity contribution in [2.45, 2.75) is 51.5 Å². The molecule has 0 radical (unpaired) electrons. The van der Waals surface area contributed by atoms with Crippen LogP contribution in [0.5, 0.6) is 0 Å². The molecule has 0 bridgehead atoms. The summed E-state index contributed by atoms with van der Waals surface area (Å²) in [6.07, 6.45) is 12.0. The van der Waals surface area contributed by atoms with Crippen molar-refractivity contribution in [1.82, 2.24) is 24.9 Å². The van der Waals surface area contributed by atoms with Gasteiger partial charge in [0.1, 0.15) is 5.65 Å². The molecule has 1 aliphatic heterocycles. The maximum Gasteiger partial charge on any atom is 0.191 e. The van der Waals surface area contributed by atoms with Gasteiger partial charge in [-0.1, -0.05) is 18.9 Å². The highest BCUT2D eigenvalue weighted by Gasteiger charge is 2.26. The number of nitrogens with zero attached hydrogens (tertiary/aromatic N) is 4. The van der Waals surface area contributed by atoms with E-state index in [1.165, 1.54) is 50.8 Å². The van der Waals surface area contributed by atoms with Crippen molar-refractivity contribution < 1.29 is 0 Å². The predicted molar refractivity (Wildman–Crippen MR) is 115 cm³/mol. The minimum Gasteiger partial charge on any atom is -0.356 e. The van der Waals surface area contributed by atoms with Crippen LogP contribution in [0.15, 0.2) is 29.5 Å². The molecular formula is C22H34N6. The number of nitrogens with one attached hydrogen (secondary N) is 2. The molecule has 0 spiro atoms. The fourth-order valence-electron chi connectivity index (χ4n) is 4.70. The number of pyridine rings is 1. The van der Waals surface area contributed by atoms with E-state index in [0.29, 0.717) is 6.04 Å². The van der Waals surface area contributed by atoms with Crippen molar-refractivity contribution in [3.8, 4) is 0 Å². The Balaban J connectivity index is 1.22. The molecule has 2 aliphatic rings. The third-order valence-electron chi connectivity index (χ3n) is 6.23. The van der Waals surface area contributed by atoms with E-state index in [4.69, 9.17) is 4.98 Å². The van der Waals surface area contributed by atoms with E-state index >= 15 is 0 Å². The minimum atomic E-state index is 0.505. The zero-order valence-electron chi connectivity index (χ0n) is 17.3. The van der Waals surface area contributed by atoms with Crippen LogP contribution in [0.25, 0.3) is 5.65 Å². The van der Waals surface area contributed by atoms with Gasteiger partial charge in [0.2, 0.25) is 0 Å². The molecule has 6 heteroatoms. The van der Waals surface area contributed by atoms with Gasteiger partial charge in [-0.05, 0) is 43.7 Å². The van der Waals surface area contributed by atoms with Crippen LogP contribution in [0.2, 0.25) is 0 Å². The Morgan fingerprint density at radius 3 is 2.93 bits per heavy atom. The highest BCUT2D eigenvalue weighted by Crippen LogP contribution is 2.26. The Morgan fingerprint density at radius 1 is 1.29 bits per heavy atom. The van der Waals surface area contributed by atoms with Gasteiger partial charge in [-0.15, -0.1) is 0 Å². The van der Waals surface area contributed by atoms with Crippen LogP contribution in [0.4, 0.5) is 0 Å². The topological polar surface area (TPSA) is 57.0 Å². The van der Waals surface area contributed by atoms with Crippen LogP contribution < -0.4 is 10.6 Å². The first kappa shape index (κ1) is 19.2. The molecule has 1 atom stereocenters. The van der Waals surface area contributed by atoms with Crippen molar-refractivity contribution >= 4 is 11.6 Å². The van der Waals surface area contributed by atoms with E-state index in [2.05, 4.69) is 56.4 Å². The average molecular weight is 383 g/mol. The third-order valence-corrected chi connectivity index (χ3v) is 6.23. The lowest BCUT2D eigenvalue weighted by Crippen LogP contribution is -2.45. The van der Waals surface area contributed by atoms with E-state index in [-0.39, 0.29) is 0 Å². The summed E-state index contributed by atoms with van der Waals surface area (Å²) in [6.45, 7) is 6.58. The standard InChI is InChI=1S/C22H34N6/c1-17-6-5-12-28-16-19(25-21(17)28)9-11-24-22(23-2)26-20-10-13-27(15-20)14-18-7-3-4-8-18/h5-6,12,16,18,20H,3-4,7-11,13-15H2,1-2H3,(H2,23,24,26). The lowest BCUT2D eigenvalue weighted by atomic mass is 10.1. The Kier molecular flexibility index (Phi) is 6.15. The second kappa shape index (κ2) is 8.95. The zero-order chi connectivity index (χ0) is 19.3. The van der Waals surface area contributed by atoms with E-state index < -0.39 is 0 Å². The number of aliphatic imine (C=N–C) groups is 1. The van der Waals surface area contributed by atoms with Gasteiger partial charge in [0, 0.05) is 58.1 Å². The summed E-state index contributed by atoms with van der Waals surface area (Å²) in [5, 5.41) is 7.08. The Labute approximate surface area is 168 Å². The van der Waals surface area contributed by atoms with Crippen molar-refractivity contribution in [3.63, 3.8) is 0 Å². The molecule has 0 amide bonds. The number of aromatic nitrogens is 2. The number of likely N-dealkylation sites (tertiary alicyclic amines) is 1. The molecule has 1 saturated heterocycles. The summed E-state index contributed by atoms with van der Waals surface area (Å²) in [4.78, 5) is 11.8. The van der Waals surface area contributed by atoms with Crippen molar-refractivity contribution in [3.05, 3.63) is 35.8 Å². The lowest BCUT2D eigenvalue weighted by Gasteiger charge is -2.21. The van der Waals surface area contributed by atoms with Gasteiger partial charge in [0.05, 0.1) is 5.69 Å². The Bertz CT molecular complexity index is 804. The second-order valence-electron chi connectivity index (χ2n) is 8.44. The Morgan fingerprint density at radius 2 is 2.14 bits per heavy atom. The Hall–Kier alpha value is -2.08. The van der Waals surface area contributed by atoms with Crippen molar-refractivity contribution in [1.29, 1.82) is 0 Å². The maximum absolute atomic E-state index is 4.75. The monoisotopic (exact) mass is 382 g/mol. The van der Waals surface area contributed by atoms with E-state index in [9.17, 15) is 0 Å². The van der Waals surface area contributed by atoms with Gasteiger partial charge < -0.3 is 19.9 Å². The molecule has 1 unspecified atom stereocenters.